The van der Waals surface area contributed by atoms with E-state index in [0.29, 0.717) is 0 Å². The molecule has 1 unspecified atom stereocenters. The minimum atomic E-state index is 0.146. The molecule has 1 atom stereocenters. The Morgan fingerprint density at radius 1 is 1.44 bits per heavy atom. The molecule has 0 heterocycles. The minimum absolute atomic E-state index is 0.146. The van der Waals surface area contributed by atoms with Crippen LogP contribution in [0, 0.1) is 5.41 Å². The van der Waals surface area contributed by atoms with Crippen molar-refractivity contribution in [2.24, 2.45) is 10.4 Å². The lowest BCUT2D eigenvalue weighted by Crippen LogP contribution is -2.20. The summed E-state index contributed by atoms with van der Waals surface area (Å²) in [6.45, 7) is 7.68. The van der Waals surface area contributed by atoms with E-state index in [9.17, 15) is 4.79 Å². The van der Waals surface area contributed by atoms with E-state index in [1.807, 2.05) is 7.05 Å². The first kappa shape index (κ1) is 15.3. The van der Waals surface area contributed by atoms with Crippen LogP contribution in [0.25, 0.3) is 0 Å². The summed E-state index contributed by atoms with van der Waals surface area (Å²) in [4.78, 5) is 14.3. The van der Waals surface area contributed by atoms with Gasteiger partial charge in [0.25, 0.3) is 0 Å². The Hall–Kier alpha value is -0.660. The maximum absolute atomic E-state index is 10.4. The van der Waals surface area contributed by atoms with Gasteiger partial charge in [-0.25, -0.2) is 9.79 Å². The average Bonchev–Trinajstić information content (AvgIpc) is 2.17. The largest absolute Gasteiger partial charge is 0.320 e. The molecule has 0 spiro atoms. The van der Waals surface area contributed by atoms with Crippen LogP contribution in [-0.2, 0) is 4.79 Å². The lowest BCUT2D eigenvalue weighted by Gasteiger charge is -2.27. The molecule has 0 bridgehead atoms. The zero-order valence-electron chi connectivity index (χ0n) is 11.2. The summed E-state index contributed by atoms with van der Waals surface area (Å²) in [5.74, 6) is 0. The molecule has 0 aliphatic carbocycles. The fourth-order valence-corrected chi connectivity index (χ4v) is 2.22. The van der Waals surface area contributed by atoms with E-state index in [0.717, 1.165) is 25.8 Å². The van der Waals surface area contributed by atoms with Gasteiger partial charge in [-0.05, 0) is 44.7 Å². The summed E-state index contributed by atoms with van der Waals surface area (Å²) in [7, 11) is 1.94. The van der Waals surface area contributed by atoms with Crippen molar-refractivity contribution in [1.29, 1.82) is 0 Å². The smallest absolute Gasteiger partial charge is 0.235 e. The van der Waals surface area contributed by atoms with Crippen LogP contribution in [0.3, 0.4) is 0 Å². The molecular formula is C13H26N2O. The van der Waals surface area contributed by atoms with E-state index in [1.54, 1.807) is 6.08 Å². The molecule has 3 nitrogen and oxygen atoms in total. The molecule has 0 saturated carbocycles. The summed E-state index contributed by atoms with van der Waals surface area (Å²) in [6.07, 6.45) is 7.11. The second kappa shape index (κ2) is 8.49. The van der Waals surface area contributed by atoms with Gasteiger partial charge in [0.05, 0.1) is 6.04 Å². The summed E-state index contributed by atoms with van der Waals surface area (Å²) in [5.41, 5.74) is 0.277. The van der Waals surface area contributed by atoms with Crippen LogP contribution in [0.5, 0.6) is 0 Å². The van der Waals surface area contributed by atoms with Gasteiger partial charge >= 0.3 is 0 Å². The molecule has 0 aromatic heterocycles. The summed E-state index contributed by atoms with van der Waals surface area (Å²) >= 11 is 0. The lowest BCUT2D eigenvalue weighted by atomic mass is 9.81. The third-order valence-electron chi connectivity index (χ3n) is 2.91. The highest BCUT2D eigenvalue weighted by atomic mass is 16.1. The molecule has 0 aromatic rings. The number of aliphatic imine (C=N–C) groups is 1. The van der Waals surface area contributed by atoms with Gasteiger partial charge in [0.15, 0.2) is 0 Å². The fourth-order valence-electron chi connectivity index (χ4n) is 2.22. The van der Waals surface area contributed by atoms with Gasteiger partial charge in [-0.1, -0.05) is 27.2 Å². The summed E-state index contributed by atoms with van der Waals surface area (Å²) in [6, 6.07) is 0.146. The van der Waals surface area contributed by atoms with Crippen molar-refractivity contribution in [3.8, 4) is 0 Å². The molecule has 0 radical (unpaired) electrons. The van der Waals surface area contributed by atoms with Crippen molar-refractivity contribution in [2.45, 2.75) is 58.9 Å². The molecule has 0 aliphatic heterocycles. The van der Waals surface area contributed by atoms with Crippen molar-refractivity contribution in [1.82, 2.24) is 5.32 Å². The quantitative estimate of drug-likeness (QED) is 0.373. The number of rotatable bonds is 9. The van der Waals surface area contributed by atoms with Crippen molar-refractivity contribution in [2.75, 3.05) is 13.6 Å². The third-order valence-corrected chi connectivity index (χ3v) is 2.91. The molecule has 0 aliphatic rings. The Labute approximate surface area is 99.7 Å². The zero-order chi connectivity index (χ0) is 12.4. The van der Waals surface area contributed by atoms with Gasteiger partial charge in [-0.2, -0.15) is 0 Å². The van der Waals surface area contributed by atoms with E-state index in [4.69, 9.17) is 0 Å². The maximum Gasteiger partial charge on any atom is 0.235 e. The van der Waals surface area contributed by atoms with Gasteiger partial charge in [-0.3, -0.25) is 0 Å². The van der Waals surface area contributed by atoms with Crippen LogP contribution in [0.1, 0.15) is 52.9 Å². The van der Waals surface area contributed by atoms with E-state index < -0.39 is 0 Å². The van der Waals surface area contributed by atoms with E-state index in [2.05, 4.69) is 31.1 Å². The van der Waals surface area contributed by atoms with E-state index >= 15 is 0 Å². The number of nitrogens with one attached hydrogen (secondary N) is 1. The van der Waals surface area contributed by atoms with Crippen LogP contribution in [0.15, 0.2) is 4.99 Å². The molecular weight excluding hydrogens is 200 g/mol. The second-order valence-electron chi connectivity index (χ2n) is 5.24. The Morgan fingerprint density at radius 3 is 2.62 bits per heavy atom. The topological polar surface area (TPSA) is 41.5 Å². The monoisotopic (exact) mass is 226 g/mol. The van der Waals surface area contributed by atoms with E-state index in [-0.39, 0.29) is 11.5 Å². The maximum atomic E-state index is 10.4. The highest BCUT2D eigenvalue weighted by molar-refractivity contribution is 5.33. The molecule has 16 heavy (non-hydrogen) atoms. The van der Waals surface area contributed by atoms with Gasteiger partial charge in [0.2, 0.25) is 6.08 Å². The molecule has 0 aromatic carbocycles. The first-order chi connectivity index (χ1) is 7.55. The van der Waals surface area contributed by atoms with Gasteiger partial charge in [0, 0.05) is 0 Å². The molecule has 0 saturated heterocycles. The zero-order valence-corrected chi connectivity index (χ0v) is 11.2. The first-order valence-corrected chi connectivity index (χ1v) is 6.27. The van der Waals surface area contributed by atoms with Crippen LogP contribution in [0.4, 0.5) is 0 Å². The highest BCUT2D eigenvalue weighted by Gasteiger charge is 2.21. The number of carbonyl (C=O) groups excluding carboxylic acids is 1. The SMILES string of the molecule is CCCC(C)(C)CC(CCCNC)N=C=O. The third kappa shape index (κ3) is 7.61. The minimum Gasteiger partial charge on any atom is -0.320 e. The fraction of sp³-hybridized carbons (Fsp3) is 0.923. The van der Waals surface area contributed by atoms with Crippen LogP contribution < -0.4 is 5.32 Å². The van der Waals surface area contributed by atoms with E-state index in [1.165, 1.54) is 12.8 Å². The standard InChI is InChI=1S/C13H26N2O/c1-5-8-13(2,3)10-12(15-11-16)7-6-9-14-4/h12,14H,5-10H2,1-4H3. The number of hydrogen-bond donors (Lipinski definition) is 1. The summed E-state index contributed by atoms with van der Waals surface area (Å²) < 4.78 is 0. The van der Waals surface area contributed by atoms with Gasteiger partial charge in [-0.15, -0.1) is 0 Å². The molecule has 0 amide bonds. The van der Waals surface area contributed by atoms with Gasteiger partial charge in [0.1, 0.15) is 0 Å². The molecule has 3 heteroatoms. The van der Waals surface area contributed by atoms with Crippen LogP contribution in [-0.4, -0.2) is 25.7 Å². The van der Waals surface area contributed by atoms with Crippen molar-refractivity contribution < 1.29 is 4.79 Å². The second-order valence-corrected chi connectivity index (χ2v) is 5.24. The number of nitrogens with zero attached hydrogens (tertiary/aromatic N) is 1. The number of hydrogen-bond acceptors (Lipinski definition) is 3. The Balaban J connectivity index is 4.15. The van der Waals surface area contributed by atoms with Crippen LogP contribution >= 0.6 is 0 Å². The molecule has 94 valence electrons. The number of isocyanates is 1. The predicted octanol–water partition coefficient (Wildman–Crippen LogP) is 2.91. The molecule has 0 fully saturated rings. The average molecular weight is 226 g/mol. The van der Waals surface area contributed by atoms with Crippen molar-refractivity contribution >= 4 is 6.08 Å². The molecule has 0 rings (SSSR count). The van der Waals surface area contributed by atoms with Gasteiger partial charge < -0.3 is 5.32 Å². The molecule has 1 N–H and O–H groups in total. The van der Waals surface area contributed by atoms with Crippen molar-refractivity contribution in [3.63, 3.8) is 0 Å². The highest BCUT2D eigenvalue weighted by Crippen LogP contribution is 2.30. The van der Waals surface area contributed by atoms with Crippen LogP contribution in [0.2, 0.25) is 0 Å². The van der Waals surface area contributed by atoms with Crippen molar-refractivity contribution in [3.05, 3.63) is 0 Å². The predicted molar refractivity (Wildman–Crippen MR) is 68.4 cm³/mol. The summed E-state index contributed by atoms with van der Waals surface area (Å²) in [5, 5.41) is 3.11. The Bertz CT molecular complexity index is 220. The first-order valence-electron chi connectivity index (χ1n) is 6.27. The Kier molecular flexibility index (Phi) is 8.14. The lowest BCUT2D eigenvalue weighted by molar-refractivity contribution is 0.272. The Morgan fingerprint density at radius 2 is 2.12 bits per heavy atom. The normalized spacial score (nSPS) is 13.2.